The van der Waals surface area contributed by atoms with Gasteiger partial charge in [0.05, 0.1) is 6.04 Å². The maximum absolute atomic E-state index is 12.9. The summed E-state index contributed by atoms with van der Waals surface area (Å²) in [5, 5.41) is 10.9. The van der Waals surface area contributed by atoms with Gasteiger partial charge in [-0.2, -0.15) is 0 Å². The first-order valence-electron chi connectivity index (χ1n) is 9.61. The number of nitrogens with zero attached hydrogens (tertiary/aromatic N) is 1. The number of carbonyl (C=O) groups is 2. The summed E-state index contributed by atoms with van der Waals surface area (Å²) in [6.07, 6.45) is 0.488. The van der Waals surface area contributed by atoms with Gasteiger partial charge in [0.15, 0.2) is 11.5 Å². The Morgan fingerprint density at radius 2 is 1.97 bits per heavy atom. The van der Waals surface area contributed by atoms with E-state index in [0.717, 1.165) is 27.7 Å². The number of benzene rings is 2. The number of carbonyl (C=O) groups excluding carboxylic acids is 1. The number of hydrogen-bond donors (Lipinski definition) is 2. The average molecular weight is 392 g/mol. The highest BCUT2D eigenvalue weighted by Crippen LogP contribution is 2.43. The van der Waals surface area contributed by atoms with Crippen LogP contribution in [-0.2, 0) is 16.0 Å². The summed E-state index contributed by atoms with van der Waals surface area (Å²) in [6.45, 7) is 1.90. The van der Waals surface area contributed by atoms with E-state index in [-0.39, 0.29) is 25.5 Å². The SMILES string of the molecule is CCC(=O)N1C(C(=O)O)Cc2c([nH]c3ccccc23)C1c1ccc2c(c1)OCO2. The fraction of sp³-hybridized carbons (Fsp3) is 0.273. The van der Waals surface area contributed by atoms with Crippen LogP contribution in [0.5, 0.6) is 11.5 Å². The Kier molecular flexibility index (Phi) is 3.97. The lowest BCUT2D eigenvalue weighted by molar-refractivity contribution is -0.152. The van der Waals surface area contributed by atoms with Crippen LogP contribution in [0.3, 0.4) is 0 Å². The van der Waals surface area contributed by atoms with Gasteiger partial charge >= 0.3 is 5.97 Å². The molecule has 2 aromatic carbocycles. The summed E-state index contributed by atoms with van der Waals surface area (Å²) in [7, 11) is 0. The molecule has 2 N–H and O–H groups in total. The van der Waals surface area contributed by atoms with E-state index in [4.69, 9.17) is 9.47 Å². The number of H-pyrrole nitrogens is 1. The molecular formula is C22H20N2O5. The standard InChI is InChI=1S/C22H20N2O5/c1-2-19(25)24-16(22(26)27)10-14-13-5-3-4-6-15(13)23-20(14)21(24)12-7-8-17-18(9-12)29-11-28-17/h3-9,16,21,23H,2,10-11H2,1H3,(H,26,27). The summed E-state index contributed by atoms with van der Waals surface area (Å²) in [5.74, 6) is 0.0314. The number of aromatic amines is 1. The van der Waals surface area contributed by atoms with Gasteiger partial charge in [-0.3, -0.25) is 4.79 Å². The Bertz CT molecular complexity index is 1140. The third-order valence-corrected chi connectivity index (χ3v) is 5.72. The monoisotopic (exact) mass is 392 g/mol. The lowest BCUT2D eigenvalue weighted by Crippen LogP contribution is -2.51. The summed E-state index contributed by atoms with van der Waals surface area (Å²) in [6, 6.07) is 11.8. The molecule has 5 rings (SSSR count). The predicted octanol–water partition coefficient (Wildman–Crippen LogP) is 3.23. The quantitative estimate of drug-likeness (QED) is 0.714. The molecule has 0 bridgehead atoms. The zero-order chi connectivity index (χ0) is 20.1. The van der Waals surface area contributed by atoms with Crippen molar-refractivity contribution in [1.82, 2.24) is 9.88 Å². The van der Waals surface area contributed by atoms with E-state index >= 15 is 0 Å². The minimum Gasteiger partial charge on any atom is -0.480 e. The van der Waals surface area contributed by atoms with E-state index in [1.807, 2.05) is 36.4 Å². The number of carboxylic acid groups (broad SMARTS) is 1. The Morgan fingerprint density at radius 1 is 1.17 bits per heavy atom. The molecule has 1 aromatic heterocycles. The number of ether oxygens (including phenoxy) is 2. The van der Waals surface area contributed by atoms with Crippen LogP contribution in [0.4, 0.5) is 0 Å². The van der Waals surface area contributed by atoms with Crippen molar-refractivity contribution < 1.29 is 24.2 Å². The maximum Gasteiger partial charge on any atom is 0.326 e. The Morgan fingerprint density at radius 3 is 2.76 bits per heavy atom. The van der Waals surface area contributed by atoms with Crippen LogP contribution < -0.4 is 9.47 Å². The molecule has 0 saturated carbocycles. The van der Waals surface area contributed by atoms with E-state index in [0.29, 0.717) is 11.5 Å². The molecular weight excluding hydrogens is 372 g/mol. The van der Waals surface area contributed by atoms with E-state index in [1.165, 1.54) is 4.90 Å². The van der Waals surface area contributed by atoms with Gasteiger partial charge in [0.25, 0.3) is 0 Å². The Balaban J connectivity index is 1.75. The summed E-state index contributed by atoms with van der Waals surface area (Å²) in [4.78, 5) is 30.0. The van der Waals surface area contributed by atoms with Crippen LogP contribution in [-0.4, -0.2) is 39.7 Å². The van der Waals surface area contributed by atoms with Gasteiger partial charge in [-0.05, 0) is 29.3 Å². The van der Waals surface area contributed by atoms with Gasteiger partial charge in [-0.1, -0.05) is 31.2 Å². The van der Waals surface area contributed by atoms with Gasteiger partial charge in [-0.15, -0.1) is 0 Å². The molecule has 3 aromatic rings. The summed E-state index contributed by atoms with van der Waals surface area (Å²) in [5.41, 5.74) is 3.51. The number of fused-ring (bicyclic) bond motifs is 4. The molecule has 2 aliphatic rings. The zero-order valence-electron chi connectivity index (χ0n) is 15.8. The first-order valence-corrected chi connectivity index (χ1v) is 9.61. The molecule has 2 unspecified atom stereocenters. The fourth-order valence-corrected chi connectivity index (χ4v) is 4.40. The molecule has 7 nitrogen and oxygen atoms in total. The van der Waals surface area contributed by atoms with Crippen molar-refractivity contribution in [3.63, 3.8) is 0 Å². The van der Waals surface area contributed by atoms with Crippen molar-refractivity contribution in [3.05, 3.63) is 59.3 Å². The van der Waals surface area contributed by atoms with E-state index < -0.39 is 18.1 Å². The second kappa shape index (κ2) is 6.55. The molecule has 1 amide bonds. The van der Waals surface area contributed by atoms with Crippen molar-refractivity contribution in [2.75, 3.05) is 6.79 Å². The number of aliphatic carboxylic acids is 1. The molecule has 0 saturated heterocycles. The minimum absolute atomic E-state index is 0.149. The lowest BCUT2D eigenvalue weighted by atomic mass is 9.87. The second-order valence-electron chi connectivity index (χ2n) is 7.29. The number of hydrogen-bond acceptors (Lipinski definition) is 4. The number of para-hydroxylation sites is 1. The van der Waals surface area contributed by atoms with E-state index in [2.05, 4.69) is 4.98 Å². The molecule has 0 fully saturated rings. The highest BCUT2D eigenvalue weighted by atomic mass is 16.7. The molecule has 7 heteroatoms. The molecule has 0 radical (unpaired) electrons. The van der Waals surface area contributed by atoms with Crippen LogP contribution in [0.15, 0.2) is 42.5 Å². The van der Waals surface area contributed by atoms with Gasteiger partial charge in [-0.25, -0.2) is 4.79 Å². The Labute approximate surface area is 166 Å². The number of nitrogens with one attached hydrogen (secondary N) is 1. The van der Waals surface area contributed by atoms with Crippen molar-refractivity contribution in [2.45, 2.75) is 31.8 Å². The lowest BCUT2D eigenvalue weighted by Gasteiger charge is -2.40. The molecule has 0 aliphatic carbocycles. The topological polar surface area (TPSA) is 91.9 Å². The maximum atomic E-state index is 12.9. The van der Waals surface area contributed by atoms with Gasteiger partial charge in [0.2, 0.25) is 12.7 Å². The van der Waals surface area contributed by atoms with Crippen LogP contribution in [0.25, 0.3) is 10.9 Å². The number of carboxylic acids is 1. The van der Waals surface area contributed by atoms with Crippen LogP contribution in [0.1, 0.15) is 36.2 Å². The van der Waals surface area contributed by atoms with Crippen molar-refractivity contribution in [2.24, 2.45) is 0 Å². The first-order chi connectivity index (χ1) is 14.1. The third kappa shape index (κ3) is 2.65. The normalized spacial score (nSPS) is 20.0. The van der Waals surface area contributed by atoms with Crippen LogP contribution in [0.2, 0.25) is 0 Å². The molecule has 3 heterocycles. The van der Waals surface area contributed by atoms with E-state index in [9.17, 15) is 14.7 Å². The van der Waals surface area contributed by atoms with Crippen LogP contribution >= 0.6 is 0 Å². The van der Waals surface area contributed by atoms with Crippen LogP contribution in [0, 0.1) is 0 Å². The zero-order valence-corrected chi connectivity index (χ0v) is 15.8. The second-order valence-corrected chi connectivity index (χ2v) is 7.29. The van der Waals surface area contributed by atoms with Crippen molar-refractivity contribution in [1.29, 1.82) is 0 Å². The molecule has 29 heavy (non-hydrogen) atoms. The fourth-order valence-electron chi connectivity index (χ4n) is 4.40. The predicted molar refractivity (Wildman–Crippen MR) is 105 cm³/mol. The molecule has 0 spiro atoms. The smallest absolute Gasteiger partial charge is 0.326 e. The summed E-state index contributed by atoms with van der Waals surface area (Å²) < 4.78 is 10.9. The highest BCUT2D eigenvalue weighted by molar-refractivity contribution is 5.90. The first kappa shape index (κ1) is 17.6. The molecule has 2 aliphatic heterocycles. The molecule has 2 atom stereocenters. The van der Waals surface area contributed by atoms with Gasteiger partial charge in [0, 0.05) is 29.4 Å². The van der Waals surface area contributed by atoms with E-state index in [1.54, 1.807) is 13.0 Å². The number of rotatable bonds is 3. The molecule has 148 valence electrons. The number of amides is 1. The van der Waals surface area contributed by atoms with Gasteiger partial charge in [0.1, 0.15) is 6.04 Å². The minimum atomic E-state index is -1.01. The number of aromatic nitrogens is 1. The van der Waals surface area contributed by atoms with Crippen molar-refractivity contribution in [3.8, 4) is 11.5 Å². The average Bonchev–Trinajstić information content (AvgIpc) is 3.35. The summed E-state index contributed by atoms with van der Waals surface area (Å²) >= 11 is 0. The van der Waals surface area contributed by atoms with Gasteiger partial charge < -0.3 is 24.5 Å². The highest BCUT2D eigenvalue weighted by Gasteiger charge is 2.43. The Hall–Kier alpha value is -3.48. The largest absolute Gasteiger partial charge is 0.480 e. The van der Waals surface area contributed by atoms with Crippen molar-refractivity contribution >= 4 is 22.8 Å². The third-order valence-electron chi connectivity index (χ3n) is 5.72.